The van der Waals surface area contributed by atoms with E-state index in [9.17, 15) is 0 Å². The van der Waals surface area contributed by atoms with E-state index in [1.807, 2.05) is 6.07 Å². The maximum absolute atomic E-state index is 5.21. The molecule has 2 nitrogen and oxygen atoms in total. The normalized spacial score (nSPS) is 11.0. The summed E-state index contributed by atoms with van der Waals surface area (Å²) in [4.78, 5) is 0. The first kappa shape index (κ1) is 14.0. The minimum absolute atomic E-state index is 0.0313. The molecule has 17 heavy (non-hydrogen) atoms. The van der Waals surface area contributed by atoms with E-state index < -0.39 is 0 Å². The summed E-state index contributed by atoms with van der Waals surface area (Å²) in [7, 11) is 0. The zero-order chi connectivity index (χ0) is 12.7. The number of benzene rings is 1. The number of rotatable bonds is 4. The molecule has 1 aromatic carbocycles. The lowest BCUT2D eigenvalue weighted by molar-refractivity contribution is 0.506. The Balaban J connectivity index is 2.14. The molecule has 0 amide bonds. The fraction of sp³-hybridized carbons (Fsp3) is 0.500. The zero-order valence-electron chi connectivity index (χ0n) is 10.9. The predicted molar refractivity (Wildman–Crippen MR) is 78.3 cm³/mol. The van der Waals surface area contributed by atoms with Crippen molar-refractivity contribution in [2.75, 3.05) is 6.54 Å². The molecule has 1 aromatic rings. The monoisotopic (exact) mass is 250 g/mol. The van der Waals surface area contributed by atoms with Gasteiger partial charge in [-0.05, 0) is 51.4 Å². The van der Waals surface area contributed by atoms with Gasteiger partial charge in [-0.15, -0.1) is 0 Å². The number of aryl methyl sites for hydroxylation is 1. The Morgan fingerprint density at radius 3 is 2.41 bits per heavy atom. The zero-order valence-corrected chi connectivity index (χ0v) is 11.7. The van der Waals surface area contributed by atoms with Crippen LogP contribution in [0.5, 0.6) is 0 Å². The quantitative estimate of drug-likeness (QED) is 0.635. The highest BCUT2D eigenvalue weighted by molar-refractivity contribution is 7.80. The van der Waals surface area contributed by atoms with Gasteiger partial charge in [0.15, 0.2) is 5.11 Å². The van der Waals surface area contributed by atoms with Gasteiger partial charge in [0.05, 0.1) is 0 Å². The molecule has 0 fully saturated rings. The second-order valence-electron chi connectivity index (χ2n) is 5.22. The van der Waals surface area contributed by atoms with E-state index in [0.29, 0.717) is 0 Å². The first-order valence-electron chi connectivity index (χ1n) is 6.07. The Labute approximate surface area is 110 Å². The summed E-state index contributed by atoms with van der Waals surface area (Å²) in [5.41, 5.74) is 1.41. The van der Waals surface area contributed by atoms with Crippen LogP contribution in [-0.4, -0.2) is 17.2 Å². The van der Waals surface area contributed by atoms with Crippen LogP contribution in [0.4, 0.5) is 0 Å². The second-order valence-corrected chi connectivity index (χ2v) is 5.63. The van der Waals surface area contributed by atoms with Crippen molar-refractivity contribution in [1.29, 1.82) is 0 Å². The van der Waals surface area contributed by atoms with Gasteiger partial charge in [0, 0.05) is 12.1 Å². The molecule has 0 aromatic heterocycles. The lowest BCUT2D eigenvalue weighted by Crippen LogP contribution is -2.46. The third kappa shape index (κ3) is 6.95. The molecule has 0 saturated heterocycles. The van der Waals surface area contributed by atoms with Crippen LogP contribution in [0.15, 0.2) is 30.3 Å². The lowest BCUT2D eigenvalue weighted by Gasteiger charge is -2.23. The second kappa shape index (κ2) is 6.60. The minimum Gasteiger partial charge on any atom is -0.363 e. The van der Waals surface area contributed by atoms with Crippen LogP contribution in [0.1, 0.15) is 32.8 Å². The van der Waals surface area contributed by atoms with E-state index in [2.05, 4.69) is 55.7 Å². The maximum Gasteiger partial charge on any atom is 0.166 e. The molecule has 3 heteroatoms. The highest BCUT2D eigenvalue weighted by atomic mass is 32.1. The van der Waals surface area contributed by atoms with Crippen LogP contribution in [0.3, 0.4) is 0 Å². The Morgan fingerprint density at radius 2 is 1.82 bits per heavy atom. The van der Waals surface area contributed by atoms with Gasteiger partial charge in [-0.3, -0.25) is 0 Å². The van der Waals surface area contributed by atoms with E-state index in [4.69, 9.17) is 12.2 Å². The molecule has 1 rings (SSSR count). The molecule has 0 bridgehead atoms. The Kier molecular flexibility index (Phi) is 5.42. The fourth-order valence-electron chi connectivity index (χ4n) is 1.52. The molecule has 94 valence electrons. The summed E-state index contributed by atoms with van der Waals surface area (Å²) in [6.07, 6.45) is 2.18. The number of hydrogen-bond acceptors (Lipinski definition) is 1. The maximum atomic E-state index is 5.21. The van der Waals surface area contributed by atoms with E-state index in [-0.39, 0.29) is 5.54 Å². The summed E-state index contributed by atoms with van der Waals surface area (Å²) < 4.78 is 0. The van der Waals surface area contributed by atoms with Crippen molar-refractivity contribution in [3.8, 4) is 0 Å². The summed E-state index contributed by atoms with van der Waals surface area (Å²) in [6.45, 7) is 7.22. The van der Waals surface area contributed by atoms with Crippen LogP contribution in [0.2, 0.25) is 0 Å². The standard InChI is InChI=1S/C14H22N2S/c1-14(2,3)16-13(17)15-11-7-10-12-8-5-4-6-9-12/h4-6,8-9H,7,10-11H2,1-3H3,(H2,15,16,17). The van der Waals surface area contributed by atoms with Crippen LogP contribution in [0, 0.1) is 0 Å². The van der Waals surface area contributed by atoms with Gasteiger partial charge >= 0.3 is 0 Å². The van der Waals surface area contributed by atoms with Crippen molar-refractivity contribution in [2.24, 2.45) is 0 Å². The van der Waals surface area contributed by atoms with E-state index in [1.165, 1.54) is 5.56 Å². The molecule has 0 aliphatic carbocycles. The summed E-state index contributed by atoms with van der Waals surface area (Å²) in [5, 5.41) is 7.21. The van der Waals surface area contributed by atoms with Gasteiger partial charge in [0.2, 0.25) is 0 Å². The number of hydrogen-bond donors (Lipinski definition) is 2. The number of nitrogens with one attached hydrogen (secondary N) is 2. The SMILES string of the molecule is CC(C)(C)NC(=S)NCCCc1ccccc1. The molecule has 0 unspecified atom stereocenters. The van der Waals surface area contributed by atoms with Gasteiger partial charge in [-0.2, -0.15) is 0 Å². The molecule has 0 spiro atoms. The van der Waals surface area contributed by atoms with Crippen molar-refractivity contribution in [1.82, 2.24) is 10.6 Å². The highest BCUT2D eigenvalue weighted by Gasteiger charge is 2.09. The van der Waals surface area contributed by atoms with Crippen molar-refractivity contribution in [3.05, 3.63) is 35.9 Å². The highest BCUT2D eigenvalue weighted by Crippen LogP contribution is 2.01. The van der Waals surface area contributed by atoms with Gasteiger partial charge in [-0.1, -0.05) is 30.3 Å². The third-order valence-electron chi connectivity index (χ3n) is 2.26. The topological polar surface area (TPSA) is 24.1 Å². The van der Waals surface area contributed by atoms with Crippen LogP contribution >= 0.6 is 12.2 Å². The first-order valence-corrected chi connectivity index (χ1v) is 6.48. The third-order valence-corrected chi connectivity index (χ3v) is 2.51. The van der Waals surface area contributed by atoms with Crippen LogP contribution in [0.25, 0.3) is 0 Å². The molecular weight excluding hydrogens is 228 g/mol. The van der Waals surface area contributed by atoms with Gasteiger partial charge < -0.3 is 10.6 Å². The minimum atomic E-state index is 0.0313. The van der Waals surface area contributed by atoms with E-state index >= 15 is 0 Å². The lowest BCUT2D eigenvalue weighted by atomic mass is 10.1. The summed E-state index contributed by atoms with van der Waals surface area (Å²) in [5.74, 6) is 0. The molecule has 0 radical (unpaired) electrons. The van der Waals surface area contributed by atoms with E-state index in [0.717, 1.165) is 24.5 Å². The van der Waals surface area contributed by atoms with Gasteiger partial charge in [0.1, 0.15) is 0 Å². The predicted octanol–water partition coefficient (Wildman–Crippen LogP) is 2.88. The summed E-state index contributed by atoms with van der Waals surface area (Å²) in [6, 6.07) is 10.5. The Morgan fingerprint density at radius 1 is 1.18 bits per heavy atom. The molecule has 0 aliphatic rings. The largest absolute Gasteiger partial charge is 0.363 e. The van der Waals surface area contributed by atoms with Crippen molar-refractivity contribution in [3.63, 3.8) is 0 Å². The van der Waals surface area contributed by atoms with Crippen molar-refractivity contribution >= 4 is 17.3 Å². The van der Waals surface area contributed by atoms with Gasteiger partial charge in [-0.25, -0.2) is 0 Å². The molecule has 0 saturated carbocycles. The molecule has 0 aliphatic heterocycles. The Bertz CT molecular complexity index is 341. The van der Waals surface area contributed by atoms with Crippen molar-refractivity contribution in [2.45, 2.75) is 39.2 Å². The molecule has 2 N–H and O–H groups in total. The number of thiocarbonyl (C=S) groups is 1. The molecular formula is C14H22N2S. The Hall–Kier alpha value is -1.09. The molecule has 0 heterocycles. The first-order chi connectivity index (χ1) is 7.97. The van der Waals surface area contributed by atoms with Crippen molar-refractivity contribution < 1.29 is 0 Å². The van der Waals surface area contributed by atoms with Crippen LogP contribution < -0.4 is 10.6 Å². The smallest absolute Gasteiger partial charge is 0.166 e. The average molecular weight is 250 g/mol. The molecule has 0 atom stereocenters. The van der Waals surface area contributed by atoms with Gasteiger partial charge in [0.25, 0.3) is 0 Å². The average Bonchev–Trinajstić information content (AvgIpc) is 2.23. The summed E-state index contributed by atoms with van der Waals surface area (Å²) >= 11 is 5.21. The van der Waals surface area contributed by atoms with Crippen LogP contribution in [-0.2, 0) is 6.42 Å². The van der Waals surface area contributed by atoms with E-state index in [1.54, 1.807) is 0 Å². The fourth-order valence-corrected chi connectivity index (χ4v) is 1.93.